The van der Waals surface area contributed by atoms with E-state index < -0.39 is 0 Å². The van der Waals surface area contributed by atoms with Crippen LogP contribution >= 0.6 is 0 Å². The van der Waals surface area contributed by atoms with Gasteiger partial charge in [0, 0.05) is 37.9 Å². The summed E-state index contributed by atoms with van der Waals surface area (Å²) in [6.07, 6.45) is 7.05. The van der Waals surface area contributed by atoms with Gasteiger partial charge in [0.25, 0.3) is 0 Å². The molecule has 0 spiro atoms. The third kappa shape index (κ3) is 3.43. The molecule has 150 valence electrons. The molecule has 2 aliphatic rings. The van der Waals surface area contributed by atoms with E-state index in [0.717, 1.165) is 63.1 Å². The number of aromatic nitrogens is 2. The van der Waals surface area contributed by atoms with Crippen LogP contribution in [0.25, 0.3) is 0 Å². The highest BCUT2D eigenvalue weighted by molar-refractivity contribution is 5.91. The summed E-state index contributed by atoms with van der Waals surface area (Å²) in [5.41, 5.74) is 2.08. The Labute approximate surface area is 167 Å². The molecule has 1 aromatic carbocycles. The van der Waals surface area contributed by atoms with Crippen molar-refractivity contribution in [3.63, 3.8) is 0 Å². The van der Waals surface area contributed by atoms with Crippen LogP contribution < -0.4 is 4.74 Å². The molecule has 5 heteroatoms. The summed E-state index contributed by atoms with van der Waals surface area (Å²) < 4.78 is 7.60. The Kier molecular flexibility index (Phi) is 5.17. The average Bonchev–Trinajstić information content (AvgIpc) is 3.29. The van der Waals surface area contributed by atoms with Crippen LogP contribution in [-0.4, -0.2) is 40.6 Å². The predicted molar refractivity (Wildman–Crippen MR) is 110 cm³/mol. The van der Waals surface area contributed by atoms with E-state index in [9.17, 15) is 4.79 Å². The Bertz CT molecular complexity index is 836. The van der Waals surface area contributed by atoms with Gasteiger partial charge in [-0.1, -0.05) is 19.1 Å². The van der Waals surface area contributed by atoms with Gasteiger partial charge in [-0.15, -0.1) is 0 Å². The van der Waals surface area contributed by atoms with Crippen LogP contribution in [0.1, 0.15) is 49.7 Å². The average molecular weight is 382 g/mol. The van der Waals surface area contributed by atoms with Crippen molar-refractivity contribution in [1.82, 2.24) is 14.5 Å². The summed E-state index contributed by atoms with van der Waals surface area (Å²) in [5, 5.41) is 0. The van der Waals surface area contributed by atoms with Gasteiger partial charge in [-0.2, -0.15) is 0 Å². The highest BCUT2D eigenvalue weighted by Gasteiger charge is 2.53. The molecular formula is C23H31N3O2. The van der Waals surface area contributed by atoms with E-state index >= 15 is 0 Å². The maximum atomic E-state index is 13.3. The van der Waals surface area contributed by atoms with Gasteiger partial charge in [-0.05, 0) is 56.2 Å². The number of amides is 1. The lowest BCUT2D eigenvalue weighted by Crippen LogP contribution is -2.38. The van der Waals surface area contributed by atoms with Crippen molar-refractivity contribution >= 4 is 5.91 Å². The van der Waals surface area contributed by atoms with Gasteiger partial charge in [0.1, 0.15) is 11.6 Å². The fourth-order valence-corrected chi connectivity index (χ4v) is 4.61. The monoisotopic (exact) mass is 381 g/mol. The van der Waals surface area contributed by atoms with Crippen LogP contribution in [0.5, 0.6) is 5.75 Å². The second-order valence-electron chi connectivity index (χ2n) is 8.39. The number of carbonyl (C=O) groups excluding carboxylic acids is 1. The first kappa shape index (κ1) is 19.0. The molecule has 1 amide bonds. The normalized spacial score (nSPS) is 20.4. The van der Waals surface area contributed by atoms with Crippen molar-refractivity contribution in [2.24, 2.45) is 5.92 Å². The molecule has 1 saturated heterocycles. The lowest BCUT2D eigenvalue weighted by molar-refractivity contribution is -0.133. The van der Waals surface area contributed by atoms with Crippen molar-refractivity contribution in [2.75, 3.05) is 20.2 Å². The number of ether oxygens (including phenoxy) is 1. The van der Waals surface area contributed by atoms with Crippen molar-refractivity contribution < 1.29 is 9.53 Å². The fraction of sp³-hybridized carbons (Fsp3) is 0.565. The van der Waals surface area contributed by atoms with Gasteiger partial charge in [0.15, 0.2) is 0 Å². The van der Waals surface area contributed by atoms with Gasteiger partial charge in [-0.25, -0.2) is 4.98 Å². The fourth-order valence-electron chi connectivity index (χ4n) is 4.61. The molecule has 2 heterocycles. The summed E-state index contributed by atoms with van der Waals surface area (Å²) in [7, 11) is 1.67. The van der Waals surface area contributed by atoms with Crippen molar-refractivity contribution in [3.8, 4) is 5.75 Å². The topological polar surface area (TPSA) is 47.4 Å². The Balaban J connectivity index is 1.42. The molecule has 4 rings (SSSR count). The molecule has 1 unspecified atom stereocenters. The number of carbonyl (C=O) groups is 1. The zero-order valence-electron chi connectivity index (χ0n) is 17.3. The summed E-state index contributed by atoms with van der Waals surface area (Å²) in [5.74, 6) is 2.84. The van der Waals surface area contributed by atoms with Gasteiger partial charge in [0.05, 0.1) is 12.5 Å². The first-order valence-corrected chi connectivity index (χ1v) is 10.5. The summed E-state index contributed by atoms with van der Waals surface area (Å²) in [6.45, 7) is 7.08. The summed E-state index contributed by atoms with van der Waals surface area (Å²) in [6, 6.07) is 8.04. The van der Waals surface area contributed by atoms with Crippen molar-refractivity contribution in [1.29, 1.82) is 0 Å². The molecule has 28 heavy (non-hydrogen) atoms. The minimum atomic E-state index is -0.293. The highest BCUT2D eigenvalue weighted by Crippen LogP contribution is 2.50. The maximum Gasteiger partial charge on any atom is 0.233 e. The Hall–Kier alpha value is -2.30. The van der Waals surface area contributed by atoms with Gasteiger partial charge in [0.2, 0.25) is 5.91 Å². The minimum Gasteiger partial charge on any atom is -0.497 e. The second kappa shape index (κ2) is 7.61. The second-order valence-corrected chi connectivity index (χ2v) is 8.39. The number of benzene rings is 1. The largest absolute Gasteiger partial charge is 0.497 e. The number of methoxy groups -OCH3 is 1. The number of nitrogens with zero attached hydrogens (tertiary/aromatic N) is 3. The number of rotatable bonds is 7. The van der Waals surface area contributed by atoms with Gasteiger partial charge in [-0.3, -0.25) is 4.79 Å². The SMILES string of the molecule is CCCn1c(C)cnc1CC1CCN(C(=O)C2(c3ccc(OC)cc3)CC2)C1. The van der Waals surface area contributed by atoms with E-state index in [1.165, 1.54) is 11.5 Å². The van der Waals surface area contributed by atoms with E-state index in [1.54, 1.807) is 7.11 Å². The van der Waals surface area contributed by atoms with Crippen LogP contribution in [0.2, 0.25) is 0 Å². The quantitative estimate of drug-likeness (QED) is 0.734. The Morgan fingerprint density at radius 2 is 2.04 bits per heavy atom. The van der Waals surface area contributed by atoms with E-state index in [2.05, 4.69) is 40.4 Å². The first-order chi connectivity index (χ1) is 13.6. The number of hydrogen-bond acceptors (Lipinski definition) is 3. The van der Waals surface area contributed by atoms with E-state index in [-0.39, 0.29) is 5.41 Å². The van der Waals surface area contributed by atoms with Crippen LogP contribution in [0, 0.1) is 12.8 Å². The molecule has 1 aromatic heterocycles. The number of hydrogen-bond donors (Lipinski definition) is 0. The number of aryl methyl sites for hydroxylation is 1. The molecule has 1 aliphatic carbocycles. The van der Waals surface area contributed by atoms with Crippen LogP contribution in [-0.2, 0) is 23.2 Å². The van der Waals surface area contributed by atoms with Crippen LogP contribution in [0.3, 0.4) is 0 Å². The lowest BCUT2D eigenvalue weighted by atomic mass is 9.94. The number of likely N-dealkylation sites (tertiary alicyclic amines) is 1. The predicted octanol–water partition coefficient (Wildman–Crippen LogP) is 3.73. The standard InChI is InChI=1S/C23H31N3O2/c1-4-12-26-17(2)15-24-21(26)14-18-9-13-25(16-18)22(27)23(10-11-23)19-5-7-20(28-3)8-6-19/h5-8,15,18H,4,9-14,16H2,1-3H3. The molecule has 1 aliphatic heterocycles. The molecule has 0 radical (unpaired) electrons. The molecule has 5 nitrogen and oxygen atoms in total. The molecule has 2 aromatic rings. The zero-order chi connectivity index (χ0) is 19.7. The third-order valence-corrected chi connectivity index (χ3v) is 6.43. The smallest absolute Gasteiger partial charge is 0.233 e. The van der Waals surface area contributed by atoms with Crippen molar-refractivity contribution in [3.05, 3.63) is 47.5 Å². The third-order valence-electron chi connectivity index (χ3n) is 6.43. The molecule has 1 atom stereocenters. The van der Waals surface area contributed by atoms with Crippen LogP contribution in [0.4, 0.5) is 0 Å². The molecule has 2 fully saturated rings. The maximum absolute atomic E-state index is 13.3. The van der Waals surface area contributed by atoms with Crippen LogP contribution in [0.15, 0.2) is 30.5 Å². The minimum absolute atomic E-state index is 0.293. The Morgan fingerprint density at radius 3 is 2.68 bits per heavy atom. The van der Waals surface area contributed by atoms with E-state index in [1.807, 2.05) is 18.3 Å². The lowest BCUT2D eigenvalue weighted by Gasteiger charge is -2.24. The molecule has 0 N–H and O–H groups in total. The molecule has 0 bridgehead atoms. The Morgan fingerprint density at radius 1 is 1.29 bits per heavy atom. The molecule has 1 saturated carbocycles. The van der Waals surface area contributed by atoms with E-state index in [4.69, 9.17) is 4.74 Å². The van der Waals surface area contributed by atoms with Gasteiger partial charge < -0.3 is 14.2 Å². The first-order valence-electron chi connectivity index (χ1n) is 10.5. The molecular weight excluding hydrogens is 350 g/mol. The van der Waals surface area contributed by atoms with E-state index in [0.29, 0.717) is 11.8 Å². The van der Waals surface area contributed by atoms with Gasteiger partial charge >= 0.3 is 0 Å². The summed E-state index contributed by atoms with van der Waals surface area (Å²) in [4.78, 5) is 20.1. The number of imidazole rings is 1. The zero-order valence-corrected chi connectivity index (χ0v) is 17.3. The van der Waals surface area contributed by atoms with Crippen molar-refractivity contribution in [2.45, 2.75) is 57.9 Å². The highest BCUT2D eigenvalue weighted by atomic mass is 16.5. The summed E-state index contributed by atoms with van der Waals surface area (Å²) >= 11 is 0.